The van der Waals surface area contributed by atoms with Gasteiger partial charge in [-0.25, -0.2) is 4.39 Å². The van der Waals surface area contributed by atoms with Gasteiger partial charge in [-0.15, -0.1) is 0 Å². The second kappa shape index (κ2) is 8.95. The van der Waals surface area contributed by atoms with E-state index in [1.54, 1.807) is 18.2 Å². The predicted molar refractivity (Wildman–Crippen MR) is 96.0 cm³/mol. The van der Waals surface area contributed by atoms with Crippen molar-refractivity contribution in [3.8, 4) is 0 Å². The van der Waals surface area contributed by atoms with Crippen molar-refractivity contribution in [2.45, 2.75) is 38.6 Å². The summed E-state index contributed by atoms with van der Waals surface area (Å²) < 4.78 is 18.4. The lowest BCUT2D eigenvalue weighted by Crippen LogP contribution is -2.34. The van der Waals surface area contributed by atoms with Gasteiger partial charge in [0.25, 0.3) is 5.91 Å². The van der Waals surface area contributed by atoms with E-state index in [9.17, 15) is 23.6 Å². The van der Waals surface area contributed by atoms with Crippen molar-refractivity contribution in [3.05, 3.63) is 35.6 Å². The number of rotatable bonds is 7. The van der Waals surface area contributed by atoms with Crippen molar-refractivity contribution in [2.24, 2.45) is 11.8 Å². The van der Waals surface area contributed by atoms with Gasteiger partial charge in [0.15, 0.2) is 6.61 Å². The van der Waals surface area contributed by atoms with Crippen molar-refractivity contribution in [3.63, 3.8) is 0 Å². The van der Waals surface area contributed by atoms with Gasteiger partial charge in [0.05, 0.1) is 18.3 Å². The van der Waals surface area contributed by atoms with Gasteiger partial charge in [-0.3, -0.25) is 24.1 Å². The molecule has 0 aromatic heterocycles. The van der Waals surface area contributed by atoms with Crippen LogP contribution in [-0.4, -0.2) is 41.7 Å². The minimum atomic E-state index is -0.670. The molecule has 8 heteroatoms. The Morgan fingerprint density at radius 2 is 1.75 bits per heavy atom. The number of fused-ring (bicyclic) bond motifs is 1. The fraction of sp³-hybridized carbons (Fsp3) is 0.500. The number of benzene rings is 1. The largest absolute Gasteiger partial charge is 0.456 e. The SMILES string of the molecule is O=C(COC(=O)CCN1C(=O)[C@H]2CCCC[C@H]2C1=O)NCc1ccccc1F. The van der Waals surface area contributed by atoms with Crippen molar-refractivity contribution in [1.29, 1.82) is 0 Å². The molecule has 0 radical (unpaired) electrons. The zero-order valence-electron chi connectivity index (χ0n) is 15.5. The Morgan fingerprint density at radius 3 is 2.39 bits per heavy atom. The van der Waals surface area contributed by atoms with E-state index in [-0.39, 0.29) is 43.2 Å². The zero-order valence-corrected chi connectivity index (χ0v) is 15.5. The van der Waals surface area contributed by atoms with Crippen LogP contribution >= 0.6 is 0 Å². The molecule has 3 amide bonds. The number of halogens is 1. The standard InChI is InChI=1S/C20H23FN2O5/c21-16-8-4-1-5-13(16)11-22-17(24)12-28-18(25)9-10-23-19(26)14-6-2-3-7-15(14)20(23)27/h1,4-5,8,14-15H,2-3,6-7,9-12H2,(H,22,24)/t14-,15+. The number of likely N-dealkylation sites (tertiary alicyclic amines) is 1. The normalized spacial score (nSPS) is 21.4. The molecule has 2 aliphatic rings. The fourth-order valence-corrected chi connectivity index (χ4v) is 3.76. The Morgan fingerprint density at radius 1 is 1.11 bits per heavy atom. The first-order valence-electron chi connectivity index (χ1n) is 9.48. The van der Waals surface area contributed by atoms with Crippen LogP contribution in [-0.2, 0) is 30.5 Å². The highest BCUT2D eigenvalue weighted by atomic mass is 19.1. The van der Waals surface area contributed by atoms with Crippen LogP contribution in [0.4, 0.5) is 4.39 Å². The minimum absolute atomic E-state index is 0.0113. The van der Waals surface area contributed by atoms with Gasteiger partial charge in [0.2, 0.25) is 11.8 Å². The number of carbonyl (C=O) groups excluding carboxylic acids is 4. The van der Waals surface area contributed by atoms with Gasteiger partial charge < -0.3 is 10.1 Å². The molecule has 0 bridgehead atoms. The summed E-state index contributed by atoms with van der Waals surface area (Å²) in [6.07, 6.45) is 3.17. The number of imide groups is 1. The Labute approximate surface area is 162 Å². The van der Waals surface area contributed by atoms with Crippen LogP contribution in [0.3, 0.4) is 0 Å². The highest BCUT2D eigenvalue weighted by Gasteiger charge is 2.47. The lowest BCUT2D eigenvalue weighted by atomic mass is 9.81. The molecule has 1 aromatic rings. The van der Waals surface area contributed by atoms with E-state index in [0.29, 0.717) is 5.56 Å². The van der Waals surface area contributed by atoms with Gasteiger partial charge >= 0.3 is 5.97 Å². The Hall–Kier alpha value is -2.77. The van der Waals surface area contributed by atoms with E-state index >= 15 is 0 Å². The summed E-state index contributed by atoms with van der Waals surface area (Å²) in [5.74, 6) is -2.56. The summed E-state index contributed by atoms with van der Waals surface area (Å²) in [4.78, 5) is 49.4. The molecule has 1 saturated heterocycles. The lowest BCUT2D eigenvalue weighted by Gasteiger charge is -2.19. The Balaban J connectivity index is 1.38. The third-order valence-corrected chi connectivity index (χ3v) is 5.27. The van der Waals surface area contributed by atoms with E-state index in [1.165, 1.54) is 6.07 Å². The average molecular weight is 390 g/mol. The summed E-state index contributed by atoms with van der Waals surface area (Å²) >= 11 is 0. The average Bonchev–Trinajstić information content (AvgIpc) is 2.94. The molecular formula is C20H23FN2O5. The number of hydrogen-bond donors (Lipinski definition) is 1. The van der Waals surface area contributed by atoms with Gasteiger partial charge in [0, 0.05) is 18.7 Å². The number of hydrogen-bond acceptors (Lipinski definition) is 5. The number of nitrogens with one attached hydrogen (secondary N) is 1. The van der Waals surface area contributed by atoms with Crippen LogP contribution < -0.4 is 5.32 Å². The second-order valence-electron chi connectivity index (χ2n) is 7.10. The van der Waals surface area contributed by atoms with Crippen molar-refractivity contribution in [1.82, 2.24) is 10.2 Å². The van der Waals surface area contributed by atoms with Crippen molar-refractivity contribution < 1.29 is 28.3 Å². The molecule has 0 unspecified atom stereocenters. The van der Waals surface area contributed by atoms with Crippen LogP contribution in [0.1, 0.15) is 37.7 Å². The maximum atomic E-state index is 13.5. The number of esters is 1. The minimum Gasteiger partial charge on any atom is -0.456 e. The van der Waals surface area contributed by atoms with Crippen LogP contribution in [0.15, 0.2) is 24.3 Å². The number of nitrogens with zero attached hydrogens (tertiary/aromatic N) is 1. The van der Waals surface area contributed by atoms with E-state index in [2.05, 4.69) is 5.32 Å². The van der Waals surface area contributed by atoms with Crippen molar-refractivity contribution in [2.75, 3.05) is 13.2 Å². The van der Waals surface area contributed by atoms with Gasteiger partial charge in [-0.2, -0.15) is 0 Å². The van der Waals surface area contributed by atoms with Crippen LogP contribution in [0.25, 0.3) is 0 Å². The molecule has 2 fully saturated rings. The maximum Gasteiger partial charge on any atom is 0.308 e. The highest BCUT2D eigenvalue weighted by Crippen LogP contribution is 2.37. The Kier molecular flexibility index (Phi) is 6.38. The summed E-state index contributed by atoms with van der Waals surface area (Å²) in [6, 6.07) is 6.04. The molecule has 1 heterocycles. The zero-order chi connectivity index (χ0) is 20.1. The first kappa shape index (κ1) is 20.0. The van der Waals surface area contributed by atoms with E-state index < -0.39 is 24.3 Å². The monoisotopic (exact) mass is 390 g/mol. The fourth-order valence-electron chi connectivity index (χ4n) is 3.76. The maximum absolute atomic E-state index is 13.5. The van der Waals surface area contributed by atoms with Crippen molar-refractivity contribution >= 4 is 23.7 Å². The molecule has 7 nitrogen and oxygen atoms in total. The number of ether oxygens (including phenoxy) is 1. The third kappa shape index (κ3) is 4.55. The molecule has 28 heavy (non-hydrogen) atoms. The van der Waals surface area contributed by atoms with E-state index in [1.807, 2.05) is 0 Å². The molecule has 1 aliphatic carbocycles. The first-order valence-corrected chi connectivity index (χ1v) is 9.48. The smallest absolute Gasteiger partial charge is 0.308 e. The predicted octanol–water partition coefficient (Wildman–Crippen LogP) is 1.55. The Bertz CT molecular complexity index is 758. The molecule has 3 rings (SSSR count). The lowest BCUT2D eigenvalue weighted by molar-refractivity contribution is -0.150. The summed E-state index contributed by atoms with van der Waals surface area (Å²) in [5.41, 5.74) is 0.328. The third-order valence-electron chi connectivity index (χ3n) is 5.27. The molecule has 1 N–H and O–H groups in total. The van der Waals surface area contributed by atoms with Gasteiger partial charge in [-0.1, -0.05) is 31.0 Å². The van der Waals surface area contributed by atoms with Crippen LogP contribution in [0.2, 0.25) is 0 Å². The molecule has 1 aliphatic heterocycles. The highest BCUT2D eigenvalue weighted by molar-refractivity contribution is 6.05. The van der Waals surface area contributed by atoms with Gasteiger partial charge in [0.1, 0.15) is 5.82 Å². The molecular weight excluding hydrogens is 367 g/mol. The van der Waals surface area contributed by atoms with Crippen LogP contribution in [0, 0.1) is 17.7 Å². The summed E-state index contributed by atoms with van der Waals surface area (Å²) in [5, 5.41) is 2.47. The summed E-state index contributed by atoms with van der Waals surface area (Å²) in [6.45, 7) is -0.538. The number of amides is 3. The first-order chi connectivity index (χ1) is 13.5. The molecule has 1 aromatic carbocycles. The number of carbonyl (C=O) groups is 4. The van der Waals surface area contributed by atoms with E-state index in [4.69, 9.17) is 4.74 Å². The molecule has 0 spiro atoms. The molecule has 1 saturated carbocycles. The topological polar surface area (TPSA) is 92.8 Å². The molecule has 150 valence electrons. The van der Waals surface area contributed by atoms with Gasteiger partial charge in [-0.05, 0) is 18.9 Å². The second-order valence-corrected chi connectivity index (χ2v) is 7.10. The van der Waals surface area contributed by atoms with E-state index in [0.717, 1.165) is 30.6 Å². The quantitative estimate of drug-likeness (QED) is 0.563. The summed E-state index contributed by atoms with van der Waals surface area (Å²) in [7, 11) is 0. The molecule has 2 atom stereocenters. The van der Waals surface area contributed by atoms with Crippen LogP contribution in [0.5, 0.6) is 0 Å².